The second kappa shape index (κ2) is 6.42. The van der Waals surface area contributed by atoms with Crippen LogP contribution in [0.4, 0.5) is 10.5 Å². The number of carbonyl (C=O) groups is 1. The molecule has 10 heteroatoms. The smallest absolute Gasteiger partial charge is 0.404 e. The molecule has 0 aliphatic rings. The first kappa shape index (κ1) is 16.0. The maximum Gasteiger partial charge on any atom is 0.404 e. The van der Waals surface area contributed by atoms with Gasteiger partial charge >= 0.3 is 6.09 Å². The lowest BCUT2D eigenvalue weighted by atomic mass is 10.3. The average Bonchev–Trinajstić information content (AvgIpc) is 2.29. The highest BCUT2D eigenvalue weighted by atomic mass is 79.9. The third-order valence-electron chi connectivity index (χ3n) is 1.96. The van der Waals surface area contributed by atoms with Crippen LogP contribution in [0.2, 0.25) is 5.02 Å². The molecule has 0 heterocycles. The summed E-state index contributed by atoms with van der Waals surface area (Å²) < 4.78 is 30.8. The van der Waals surface area contributed by atoms with E-state index in [1.165, 1.54) is 12.1 Å². The topological polar surface area (TPSA) is 125 Å². The fourth-order valence-electron chi connectivity index (χ4n) is 1.19. The second-order valence-electron chi connectivity index (χ2n) is 3.37. The molecule has 1 aromatic carbocycles. The van der Waals surface area contributed by atoms with Gasteiger partial charge in [-0.1, -0.05) is 11.6 Å². The fraction of sp³-hybridized carbons (Fsp3) is 0.222. The Labute approximate surface area is 123 Å². The summed E-state index contributed by atoms with van der Waals surface area (Å²) in [4.78, 5) is 10.2. The van der Waals surface area contributed by atoms with Gasteiger partial charge in [0.15, 0.2) is 0 Å². The Hall–Kier alpha value is -1.03. The summed E-state index contributed by atoms with van der Waals surface area (Å²) in [6, 6.07) is 2.67. The number of nitrogens with one attached hydrogen (secondary N) is 1. The van der Waals surface area contributed by atoms with Crippen LogP contribution in [0.5, 0.6) is 0 Å². The predicted molar refractivity (Wildman–Crippen MR) is 74.3 cm³/mol. The van der Waals surface area contributed by atoms with Crippen molar-refractivity contribution in [1.29, 1.82) is 0 Å². The molecule has 106 valence electrons. The normalized spacial score (nSPS) is 11.3. The molecule has 1 aromatic rings. The van der Waals surface area contributed by atoms with E-state index in [0.29, 0.717) is 0 Å². The van der Waals surface area contributed by atoms with Gasteiger partial charge in [-0.2, -0.15) is 0 Å². The summed E-state index contributed by atoms with van der Waals surface area (Å²) >= 11 is 8.83. The summed E-state index contributed by atoms with van der Waals surface area (Å²) in [5.41, 5.74) is 10.5. The van der Waals surface area contributed by atoms with Crippen LogP contribution in [0.3, 0.4) is 0 Å². The summed E-state index contributed by atoms with van der Waals surface area (Å²) in [6.45, 7) is -0.299. The number of nitrogens with two attached hydrogens (primary N) is 2. The minimum absolute atomic E-state index is 0.100. The number of hydrogen-bond acceptors (Lipinski definition) is 5. The van der Waals surface area contributed by atoms with Crippen molar-refractivity contribution in [2.45, 2.75) is 4.90 Å². The number of halogens is 2. The molecule has 0 radical (unpaired) electrons. The van der Waals surface area contributed by atoms with Gasteiger partial charge in [0.2, 0.25) is 10.0 Å². The molecular formula is C9H11BrClN3O4S. The van der Waals surface area contributed by atoms with E-state index in [2.05, 4.69) is 25.4 Å². The standard InChI is InChI=1S/C9H11BrClN3O4S/c10-8-6(12)3-5(11)4-7(8)19(16,17)14-1-2-18-9(13)15/h3-4,14H,1-2,12H2,(H2,13,15). The highest BCUT2D eigenvalue weighted by molar-refractivity contribution is 9.10. The molecule has 0 unspecified atom stereocenters. The highest BCUT2D eigenvalue weighted by Gasteiger charge is 2.19. The summed E-state index contributed by atoms with van der Waals surface area (Å²) in [5, 5.41) is 0.189. The van der Waals surface area contributed by atoms with Crippen molar-refractivity contribution in [3.8, 4) is 0 Å². The van der Waals surface area contributed by atoms with Crippen molar-refractivity contribution in [2.75, 3.05) is 18.9 Å². The van der Waals surface area contributed by atoms with Crippen molar-refractivity contribution in [3.63, 3.8) is 0 Å². The van der Waals surface area contributed by atoms with Crippen molar-refractivity contribution in [3.05, 3.63) is 21.6 Å². The molecule has 1 rings (SSSR count). The van der Waals surface area contributed by atoms with Crippen LogP contribution in [-0.2, 0) is 14.8 Å². The Kier molecular flexibility index (Phi) is 5.41. The van der Waals surface area contributed by atoms with Crippen LogP contribution in [0.15, 0.2) is 21.5 Å². The Bertz CT molecular complexity index is 593. The van der Waals surface area contributed by atoms with Crippen molar-refractivity contribution in [1.82, 2.24) is 4.72 Å². The number of primary amides is 1. The number of anilines is 1. The van der Waals surface area contributed by atoms with E-state index < -0.39 is 16.1 Å². The number of amides is 1. The van der Waals surface area contributed by atoms with E-state index in [-0.39, 0.29) is 33.2 Å². The lowest BCUT2D eigenvalue weighted by Gasteiger charge is -2.10. The molecule has 0 aliphatic carbocycles. The summed E-state index contributed by atoms with van der Waals surface area (Å²) in [5.74, 6) is 0. The molecule has 7 nitrogen and oxygen atoms in total. The van der Waals surface area contributed by atoms with Gasteiger partial charge in [-0.15, -0.1) is 0 Å². The first-order chi connectivity index (χ1) is 8.74. The van der Waals surface area contributed by atoms with Gasteiger partial charge in [0.1, 0.15) is 6.61 Å². The zero-order valence-corrected chi connectivity index (χ0v) is 12.7. The number of ether oxygens (including phenoxy) is 1. The predicted octanol–water partition coefficient (Wildman–Crippen LogP) is 1.06. The quantitative estimate of drug-likeness (QED) is 0.526. The first-order valence-electron chi connectivity index (χ1n) is 4.90. The van der Waals surface area contributed by atoms with Gasteiger partial charge in [0, 0.05) is 17.3 Å². The SMILES string of the molecule is NC(=O)OCCNS(=O)(=O)c1cc(Cl)cc(N)c1Br. The Morgan fingerprint density at radius 2 is 2.11 bits per heavy atom. The van der Waals surface area contributed by atoms with Crippen molar-refractivity contribution >= 4 is 49.3 Å². The molecule has 0 bridgehead atoms. The van der Waals surface area contributed by atoms with Gasteiger partial charge < -0.3 is 16.2 Å². The molecule has 0 fully saturated rings. The van der Waals surface area contributed by atoms with Gasteiger partial charge in [0.05, 0.1) is 9.37 Å². The van der Waals surface area contributed by atoms with E-state index in [1.807, 2.05) is 0 Å². The fourth-order valence-corrected chi connectivity index (χ4v) is 3.49. The van der Waals surface area contributed by atoms with Gasteiger partial charge in [-0.3, -0.25) is 0 Å². The highest BCUT2D eigenvalue weighted by Crippen LogP contribution is 2.31. The van der Waals surface area contributed by atoms with Crippen molar-refractivity contribution in [2.24, 2.45) is 5.73 Å². The lowest BCUT2D eigenvalue weighted by Crippen LogP contribution is -2.29. The molecule has 5 N–H and O–H groups in total. The molecule has 0 aliphatic heterocycles. The monoisotopic (exact) mass is 371 g/mol. The maximum absolute atomic E-state index is 12.0. The minimum atomic E-state index is -3.83. The molecule has 0 saturated heterocycles. The van der Waals surface area contributed by atoms with Gasteiger partial charge in [0.25, 0.3) is 0 Å². The number of nitrogen functional groups attached to an aromatic ring is 1. The van der Waals surface area contributed by atoms with Gasteiger partial charge in [-0.25, -0.2) is 17.9 Å². The van der Waals surface area contributed by atoms with E-state index in [4.69, 9.17) is 23.1 Å². The van der Waals surface area contributed by atoms with Crippen LogP contribution >= 0.6 is 27.5 Å². The van der Waals surface area contributed by atoms with Crippen LogP contribution in [0.1, 0.15) is 0 Å². The van der Waals surface area contributed by atoms with Crippen LogP contribution in [0.25, 0.3) is 0 Å². The van der Waals surface area contributed by atoms with Gasteiger partial charge in [-0.05, 0) is 28.1 Å². The molecular weight excluding hydrogens is 362 g/mol. The van der Waals surface area contributed by atoms with Crippen molar-refractivity contribution < 1.29 is 17.9 Å². The van der Waals surface area contributed by atoms with Crippen LogP contribution in [0, 0.1) is 0 Å². The molecule has 0 spiro atoms. The Morgan fingerprint density at radius 1 is 1.47 bits per heavy atom. The van der Waals surface area contributed by atoms with E-state index >= 15 is 0 Å². The van der Waals surface area contributed by atoms with Crippen LogP contribution in [-0.4, -0.2) is 27.7 Å². The molecule has 19 heavy (non-hydrogen) atoms. The lowest BCUT2D eigenvalue weighted by molar-refractivity contribution is 0.159. The molecule has 0 aromatic heterocycles. The number of hydrogen-bond donors (Lipinski definition) is 3. The van der Waals surface area contributed by atoms with E-state index in [0.717, 1.165) is 0 Å². The summed E-state index contributed by atoms with van der Waals surface area (Å²) in [7, 11) is -3.83. The maximum atomic E-state index is 12.0. The number of benzene rings is 1. The van der Waals surface area contributed by atoms with E-state index in [1.54, 1.807) is 0 Å². The zero-order chi connectivity index (χ0) is 14.6. The second-order valence-corrected chi connectivity index (χ2v) is 6.34. The third-order valence-corrected chi connectivity index (χ3v) is 4.81. The first-order valence-corrected chi connectivity index (χ1v) is 7.56. The summed E-state index contributed by atoms with van der Waals surface area (Å²) in [6.07, 6.45) is -0.979. The van der Waals surface area contributed by atoms with E-state index in [9.17, 15) is 13.2 Å². The number of sulfonamides is 1. The Balaban J connectivity index is 2.86. The zero-order valence-electron chi connectivity index (χ0n) is 9.52. The molecule has 0 saturated carbocycles. The Morgan fingerprint density at radius 3 is 2.68 bits per heavy atom. The number of carbonyl (C=O) groups excluding carboxylic acids is 1. The van der Waals surface area contributed by atoms with Crippen LogP contribution < -0.4 is 16.2 Å². The minimum Gasteiger partial charge on any atom is -0.448 e. The largest absolute Gasteiger partial charge is 0.448 e. The molecule has 0 atom stereocenters. The molecule has 1 amide bonds. The average molecular weight is 373 g/mol. The third kappa shape index (κ3) is 4.53. The number of rotatable bonds is 5.